The summed E-state index contributed by atoms with van der Waals surface area (Å²) in [5.41, 5.74) is 2.30. The number of carbonyl (C=O) groups excluding carboxylic acids is 1. The van der Waals surface area contributed by atoms with Crippen molar-refractivity contribution in [2.24, 2.45) is 17.8 Å². The van der Waals surface area contributed by atoms with Gasteiger partial charge < -0.3 is 24.6 Å². The van der Waals surface area contributed by atoms with E-state index in [0.29, 0.717) is 55.5 Å². The highest BCUT2D eigenvalue weighted by Gasteiger charge is 2.57. The van der Waals surface area contributed by atoms with Gasteiger partial charge >= 0.3 is 5.97 Å². The van der Waals surface area contributed by atoms with Crippen molar-refractivity contribution >= 4 is 17.6 Å². The quantitative estimate of drug-likeness (QED) is 0.172. The van der Waals surface area contributed by atoms with Crippen LogP contribution in [0.1, 0.15) is 63.9 Å². The average Bonchev–Trinajstić information content (AvgIpc) is 3.06. The molecule has 4 aromatic carbocycles. The van der Waals surface area contributed by atoms with Crippen molar-refractivity contribution in [3.05, 3.63) is 125 Å². The lowest BCUT2D eigenvalue weighted by Crippen LogP contribution is -2.63. The summed E-state index contributed by atoms with van der Waals surface area (Å²) in [4.78, 5) is 29.4. The van der Waals surface area contributed by atoms with Crippen molar-refractivity contribution in [3.63, 3.8) is 0 Å². The van der Waals surface area contributed by atoms with Gasteiger partial charge in [0.15, 0.2) is 0 Å². The van der Waals surface area contributed by atoms with Crippen molar-refractivity contribution in [1.29, 1.82) is 0 Å². The molecule has 7 heteroatoms. The summed E-state index contributed by atoms with van der Waals surface area (Å²) in [7, 11) is 0. The Balaban J connectivity index is 1.24. The summed E-state index contributed by atoms with van der Waals surface area (Å²) >= 11 is 0. The molecule has 4 aliphatic rings. The Hall–Kier alpha value is -4.62. The van der Waals surface area contributed by atoms with Crippen LogP contribution in [0.15, 0.2) is 103 Å². The number of benzene rings is 4. The molecule has 242 valence electrons. The topological polar surface area (TPSA) is 96.3 Å². The number of amides is 1. The van der Waals surface area contributed by atoms with E-state index in [4.69, 9.17) is 9.47 Å². The molecular weight excluding hydrogens is 590 g/mol. The third-order valence-electron chi connectivity index (χ3n) is 10.3. The standard InChI is InChI=1S/C40H41NO6/c42-38(30-13-7-14-33(23-30)46-19-17-27-9-3-1-4-10-27)41(36-31-21-29-22-32(36)26-40(45,24-29)25-31)37-34(39(43)44)15-8-16-35(37)47-20-18-28-11-5-2-6-12-28/h1-16,23,29,31-32,36,45H,17-22,24-26H2,(H,43,44). The molecule has 1 amide bonds. The molecule has 2 unspecified atom stereocenters. The van der Waals surface area contributed by atoms with E-state index >= 15 is 0 Å². The number of hydrogen-bond donors (Lipinski definition) is 2. The number of anilines is 1. The summed E-state index contributed by atoms with van der Waals surface area (Å²) in [6.45, 7) is 0.783. The minimum Gasteiger partial charge on any atom is -0.493 e. The fraction of sp³-hybridized carbons (Fsp3) is 0.350. The van der Waals surface area contributed by atoms with Gasteiger partial charge in [-0.2, -0.15) is 0 Å². The molecule has 0 radical (unpaired) electrons. The second kappa shape index (κ2) is 13.2. The molecule has 0 heterocycles. The van der Waals surface area contributed by atoms with Crippen LogP contribution in [0.2, 0.25) is 0 Å². The van der Waals surface area contributed by atoms with E-state index in [0.717, 1.165) is 31.2 Å². The van der Waals surface area contributed by atoms with Crippen LogP contribution in [0, 0.1) is 17.8 Å². The van der Waals surface area contributed by atoms with Crippen LogP contribution in [0.5, 0.6) is 11.5 Å². The fourth-order valence-electron chi connectivity index (χ4n) is 8.53. The Morgan fingerprint density at radius 1 is 0.745 bits per heavy atom. The molecule has 47 heavy (non-hydrogen) atoms. The molecule has 4 bridgehead atoms. The van der Waals surface area contributed by atoms with Crippen molar-refractivity contribution < 1.29 is 29.3 Å². The lowest BCUT2D eigenvalue weighted by atomic mass is 9.52. The second-order valence-electron chi connectivity index (χ2n) is 13.5. The predicted molar refractivity (Wildman–Crippen MR) is 180 cm³/mol. The first-order chi connectivity index (χ1) is 22.9. The molecule has 4 saturated carbocycles. The van der Waals surface area contributed by atoms with Crippen LogP contribution < -0.4 is 14.4 Å². The summed E-state index contributed by atoms with van der Waals surface area (Å²) in [6.07, 6.45) is 5.22. The molecule has 8 rings (SSSR count). The molecule has 2 atom stereocenters. The monoisotopic (exact) mass is 631 g/mol. The van der Waals surface area contributed by atoms with Crippen LogP contribution in [0.25, 0.3) is 0 Å². The van der Waals surface area contributed by atoms with Crippen molar-refractivity contribution in [3.8, 4) is 11.5 Å². The van der Waals surface area contributed by atoms with Crippen molar-refractivity contribution in [2.45, 2.75) is 56.6 Å². The average molecular weight is 632 g/mol. The lowest BCUT2D eigenvalue weighted by molar-refractivity contribution is -0.132. The largest absolute Gasteiger partial charge is 0.493 e. The zero-order valence-corrected chi connectivity index (χ0v) is 26.5. The van der Waals surface area contributed by atoms with Crippen LogP contribution in [0.4, 0.5) is 5.69 Å². The van der Waals surface area contributed by atoms with E-state index in [2.05, 4.69) is 12.1 Å². The van der Waals surface area contributed by atoms with Crippen LogP contribution >= 0.6 is 0 Å². The summed E-state index contributed by atoms with van der Waals surface area (Å²) in [5.74, 6) is 0.0766. The van der Waals surface area contributed by atoms with Crippen molar-refractivity contribution in [1.82, 2.24) is 0 Å². The first-order valence-corrected chi connectivity index (χ1v) is 16.7. The van der Waals surface area contributed by atoms with E-state index in [1.807, 2.05) is 60.7 Å². The molecule has 2 N–H and O–H groups in total. The highest BCUT2D eigenvalue weighted by molar-refractivity contribution is 6.11. The summed E-state index contributed by atoms with van der Waals surface area (Å²) in [5, 5.41) is 21.9. The highest BCUT2D eigenvalue weighted by atomic mass is 16.5. The Morgan fingerprint density at radius 2 is 1.36 bits per heavy atom. The molecule has 4 fully saturated rings. The normalized spacial score (nSPS) is 24.1. The third kappa shape index (κ3) is 6.63. The summed E-state index contributed by atoms with van der Waals surface area (Å²) in [6, 6.07) is 32.0. The zero-order valence-electron chi connectivity index (χ0n) is 26.5. The number of nitrogens with zero attached hydrogens (tertiary/aromatic N) is 1. The smallest absolute Gasteiger partial charge is 0.337 e. The molecule has 0 saturated heterocycles. The number of aromatic carboxylic acids is 1. The molecule has 0 aliphatic heterocycles. The number of aliphatic hydroxyl groups is 1. The minimum absolute atomic E-state index is 0.0262. The van der Waals surface area contributed by atoms with Crippen LogP contribution in [-0.2, 0) is 12.8 Å². The Bertz CT molecular complexity index is 1710. The van der Waals surface area contributed by atoms with Gasteiger partial charge in [0.25, 0.3) is 5.91 Å². The van der Waals surface area contributed by atoms with Crippen LogP contribution in [0.3, 0.4) is 0 Å². The van der Waals surface area contributed by atoms with Gasteiger partial charge in [-0.05, 0) is 91.3 Å². The maximum absolute atomic E-state index is 14.9. The van der Waals surface area contributed by atoms with Gasteiger partial charge in [-0.3, -0.25) is 4.79 Å². The Kier molecular flexibility index (Phi) is 8.74. The molecule has 0 spiro atoms. The third-order valence-corrected chi connectivity index (χ3v) is 10.3. The number of ether oxygens (including phenoxy) is 2. The lowest BCUT2D eigenvalue weighted by Gasteiger charge is -2.60. The Labute approximate surface area is 275 Å². The minimum atomic E-state index is -1.12. The van der Waals surface area contributed by atoms with E-state index in [9.17, 15) is 19.8 Å². The first kappa shape index (κ1) is 31.0. The van der Waals surface area contributed by atoms with Crippen molar-refractivity contribution in [2.75, 3.05) is 18.1 Å². The fourth-order valence-corrected chi connectivity index (χ4v) is 8.53. The molecule has 4 aliphatic carbocycles. The van der Waals surface area contributed by atoms with Gasteiger partial charge in [0, 0.05) is 24.4 Å². The predicted octanol–water partition coefficient (Wildman–Crippen LogP) is 7.21. The number of carboxylic acid groups (broad SMARTS) is 1. The maximum Gasteiger partial charge on any atom is 0.337 e. The van der Waals surface area contributed by atoms with Crippen LogP contribution in [-0.4, -0.2) is 46.9 Å². The zero-order chi connectivity index (χ0) is 32.4. The van der Waals surface area contributed by atoms with Gasteiger partial charge in [0.2, 0.25) is 0 Å². The van der Waals surface area contributed by atoms with Gasteiger partial charge in [-0.25, -0.2) is 4.79 Å². The Morgan fingerprint density at radius 3 is 1.98 bits per heavy atom. The number of carbonyl (C=O) groups is 2. The number of para-hydroxylation sites is 1. The SMILES string of the molecule is O=C(O)c1cccc(OCCc2ccccc2)c1N(C(=O)c1cccc(OCCc2ccccc2)c1)C1C2CC3CC1CC(O)(C3)C2. The van der Waals surface area contributed by atoms with Gasteiger partial charge in [0.05, 0.1) is 24.4 Å². The van der Waals surface area contributed by atoms with E-state index in [1.165, 1.54) is 5.56 Å². The van der Waals surface area contributed by atoms with Gasteiger partial charge in [-0.15, -0.1) is 0 Å². The molecule has 7 nitrogen and oxygen atoms in total. The first-order valence-electron chi connectivity index (χ1n) is 16.7. The van der Waals surface area contributed by atoms with E-state index < -0.39 is 11.6 Å². The second-order valence-corrected chi connectivity index (χ2v) is 13.5. The molecule has 0 aromatic heterocycles. The maximum atomic E-state index is 14.9. The van der Waals surface area contributed by atoms with Gasteiger partial charge in [0.1, 0.15) is 17.2 Å². The summed E-state index contributed by atoms with van der Waals surface area (Å²) < 4.78 is 12.4. The van der Waals surface area contributed by atoms with E-state index in [-0.39, 0.29) is 35.0 Å². The van der Waals surface area contributed by atoms with E-state index in [1.54, 1.807) is 35.2 Å². The molecule has 4 aromatic rings. The molecular formula is C40H41NO6. The number of rotatable bonds is 12. The van der Waals surface area contributed by atoms with Gasteiger partial charge in [-0.1, -0.05) is 72.8 Å². The number of hydrogen-bond acceptors (Lipinski definition) is 5. The highest BCUT2D eigenvalue weighted by Crippen LogP contribution is 2.58. The number of carboxylic acids is 1.